The van der Waals surface area contributed by atoms with E-state index in [4.69, 9.17) is 16.3 Å². The summed E-state index contributed by atoms with van der Waals surface area (Å²) in [6.07, 6.45) is 3.44. The molecule has 96 valence electrons. The van der Waals surface area contributed by atoms with Crippen LogP contribution in [0, 0.1) is 0 Å². The second-order valence-electron chi connectivity index (χ2n) is 4.23. The molecule has 1 aromatic rings. The number of hydrogen-bond donors (Lipinski definition) is 1. The van der Waals surface area contributed by atoms with E-state index in [9.17, 15) is 0 Å². The number of benzene rings is 1. The molecule has 0 fully saturated rings. The number of rotatable bonds is 8. The van der Waals surface area contributed by atoms with E-state index in [2.05, 4.69) is 19.2 Å². The summed E-state index contributed by atoms with van der Waals surface area (Å²) < 4.78 is 5.63. The molecule has 0 spiro atoms. The van der Waals surface area contributed by atoms with E-state index in [-0.39, 0.29) is 0 Å². The Kier molecular flexibility index (Phi) is 7.06. The molecule has 3 heteroatoms. The first-order chi connectivity index (χ1) is 8.24. The fourth-order valence-corrected chi connectivity index (χ4v) is 1.94. The molecule has 0 aliphatic rings. The van der Waals surface area contributed by atoms with Crippen LogP contribution in [0.1, 0.15) is 33.1 Å². The molecule has 1 N–H and O–H groups in total. The highest BCUT2D eigenvalue weighted by atomic mass is 35.5. The average Bonchev–Trinajstić information content (AvgIpc) is 2.31. The number of unbranched alkanes of at least 4 members (excludes halogenated alkanes) is 1. The van der Waals surface area contributed by atoms with Crippen LogP contribution >= 0.6 is 11.6 Å². The van der Waals surface area contributed by atoms with Crippen molar-refractivity contribution in [2.45, 2.75) is 39.2 Å². The zero-order valence-corrected chi connectivity index (χ0v) is 11.5. The maximum atomic E-state index is 5.99. The Morgan fingerprint density at radius 3 is 2.76 bits per heavy atom. The Balaban J connectivity index is 2.10. The second-order valence-corrected chi connectivity index (χ2v) is 4.64. The molecule has 0 aromatic heterocycles. The van der Waals surface area contributed by atoms with Crippen LogP contribution in [0.4, 0.5) is 0 Å². The van der Waals surface area contributed by atoms with Gasteiger partial charge in [-0.2, -0.15) is 0 Å². The molecule has 1 unspecified atom stereocenters. The monoisotopic (exact) mass is 255 g/mol. The Morgan fingerprint density at radius 1 is 1.29 bits per heavy atom. The predicted octanol–water partition coefficient (Wildman–Crippen LogP) is 3.89. The smallest absolute Gasteiger partial charge is 0.137 e. The van der Waals surface area contributed by atoms with Crippen LogP contribution in [0.5, 0.6) is 5.75 Å². The van der Waals surface area contributed by atoms with Crippen molar-refractivity contribution >= 4 is 11.6 Å². The van der Waals surface area contributed by atoms with Gasteiger partial charge in [-0.15, -0.1) is 0 Å². The zero-order chi connectivity index (χ0) is 12.5. The Morgan fingerprint density at radius 2 is 2.06 bits per heavy atom. The number of hydrogen-bond acceptors (Lipinski definition) is 2. The van der Waals surface area contributed by atoms with E-state index in [1.807, 2.05) is 24.3 Å². The SMILES string of the molecule is CCNC(C)CCCCOc1ccccc1Cl. The quantitative estimate of drug-likeness (QED) is 0.712. The molecule has 1 atom stereocenters. The Hall–Kier alpha value is -0.730. The van der Waals surface area contributed by atoms with Crippen LogP contribution in [0.15, 0.2) is 24.3 Å². The summed E-state index contributed by atoms with van der Waals surface area (Å²) in [5.41, 5.74) is 0. The van der Waals surface area contributed by atoms with Gasteiger partial charge in [0.1, 0.15) is 5.75 Å². The summed E-state index contributed by atoms with van der Waals surface area (Å²) in [6, 6.07) is 8.20. The lowest BCUT2D eigenvalue weighted by atomic mass is 10.1. The molecule has 1 aromatic carbocycles. The van der Waals surface area contributed by atoms with Crippen molar-refractivity contribution in [2.75, 3.05) is 13.2 Å². The first-order valence-electron chi connectivity index (χ1n) is 6.34. The predicted molar refractivity (Wildman–Crippen MR) is 73.9 cm³/mol. The maximum absolute atomic E-state index is 5.99. The first-order valence-corrected chi connectivity index (χ1v) is 6.72. The van der Waals surface area contributed by atoms with Gasteiger partial charge in [0.05, 0.1) is 11.6 Å². The highest BCUT2D eigenvalue weighted by Crippen LogP contribution is 2.23. The molecule has 0 saturated carbocycles. The van der Waals surface area contributed by atoms with Crippen molar-refractivity contribution in [3.05, 3.63) is 29.3 Å². The third-order valence-electron chi connectivity index (χ3n) is 2.68. The summed E-state index contributed by atoms with van der Waals surface area (Å²) in [5, 5.41) is 4.09. The summed E-state index contributed by atoms with van der Waals surface area (Å²) in [7, 11) is 0. The van der Waals surface area contributed by atoms with Crippen LogP contribution < -0.4 is 10.1 Å². The van der Waals surface area contributed by atoms with Crippen molar-refractivity contribution in [1.29, 1.82) is 0 Å². The van der Waals surface area contributed by atoms with E-state index in [1.54, 1.807) is 0 Å². The maximum Gasteiger partial charge on any atom is 0.137 e. The fraction of sp³-hybridized carbons (Fsp3) is 0.571. The Labute approximate surface area is 109 Å². The summed E-state index contributed by atoms with van der Waals surface area (Å²) in [4.78, 5) is 0. The molecule has 0 saturated heterocycles. The topological polar surface area (TPSA) is 21.3 Å². The third-order valence-corrected chi connectivity index (χ3v) is 2.99. The average molecular weight is 256 g/mol. The molecular formula is C14H22ClNO. The van der Waals surface area contributed by atoms with Gasteiger partial charge in [-0.1, -0.05) is 30.7 Å². The standard InChI is InChI=1S/C14H22ClNO/c1-3-16-12(2)8-6-7-11-17-14-10-5-4-9-13(14)15/h4-5,9-10,12,16H,3,6-8,11H2,1-2H3. The van der Waals surface area contributed by atoms with Gasteiger partial charge in [-0.25, -0.2) is 0 Å². The lowest BCUT2D eigenvalue weighted by Crippen LogP contribution is -2.25. The van der Waals surface area contributed by atoms with Crippen molar-refractivity contribution in [1.82, 2.24) is 5.32 Å². The summed E-state index contributed by atoms with van der Waals surface area (Å²) >= 11 is 5.99. The third kappa shape index (κ3) is 5.94. The number of halogens is 1. The second kappa shape index (κ2) is 8.37. The Bertz CT molecular complexity index is 317. The first kappa shape index (κ1) is 14.3. The van der Waals surface area contributed by atoms with E-state index in [0.717, 1.165) is 25.3 Å². The highest BCUT2D eigenvalue weighted by molar-refractivity contribution is 6.32. The minimum atomic E-state index is 0.598. The van der Waals surface area contributed by atoms with Crippen molar-refractivity contribution in [2.24, 2.45) is 0 Å². The molecule has 2 nitrogen and oxygen atoms in total. The fourth-order valence-electron chi connectivity index (χ4n) is 1.75. The number of ether oxygens (including phenoxy) is 1. The van der Waals surface area contributed by atoms with Crippen molar-refractivity contribution < 1.29 is 4.74 Å². The minimum Gasteiger partial charge on any atom is -0.492 e. The van der Waals surface area contributed by atoms with E-state index in [1.165, 1.54) is 12.8 Å². The van der Waals surface area contributed by atoms with Crippen LogP contribution in [0.25, 0.3) is 0 Å². The van der Waals surface area contributed by atoms with Crippen molar-refractivity contribution in [3.8, 4) is 5.75 Å². The molecular weight excluding hydrogens is 234 g/mol. The van der Waals surface area contributed by atoms with Gasteiger partial charge < -0.3 is 10.1 Å². The normalized spacial score (nSPS) is 12.4. The molecule has 17 heavy (non-hydrogen) atoms. The van der Waals surface area contributed by atoms with Crippen molar-refractivity contribution in [3.63, 3.8) is 0 Å². The van der Waals surface area contributed by atoms with Gasteiger partial charge in [0.25, 0.3) is 0 Å². The van der Waals surface area contributed by atoms with Crippen LogP contribution in [-0.4, -0.2) is 19.2 Å². The summed E-state index contributed by atoms with van der Waals surface area (Å²) in [6.45, 7) is 6.13. The summed E-state index contributed by atoms with van der Waals surface area (Å²) in [5.74, 6) is 0.786. The minimum absolute atomic E-state index is 0.598. The van der Waals surface area contributed by atoms with Gasteiger partial charge in [0.15, 0.2) is 0 Å². The molecule has 0 aliphatic heterocycles. The van der Waals surface area contributed by atoms with E-state index < -0.39 is 0 Å². The van der Waals surface area contributed by atoms with E-state index in [0.29, 0.717) is 11.1 Å². The lowest BCUT2D eigenvalue weighted by molar-refractivity contribution is 0.302. The van der Waals surface area contributed by atoms with Gasteiger partial charge in [0.2, 0.25) is 0 Å². The van der Waals surface area contributed by atoms with Gasteiger partial charge in [0, 0.05) is 6.04 Å². The largest absolute Gasteiger partial charge is 0.492 e. The van der Waals surface area contributed by atoms with Gasteiger partial charge >= 0.3 is 0 Å². The van der Waals surface area contributed by atoms with Crippen LogP contribution in [0.3, 0.4) is 0 Å². The molecule has 1 rings (SSSR count). The highest BCUT2D eigenvalue weighted by Gasteiger charge is 2.01. The number of para-hydroxylation sites is 1. The zero-order valence-electron chi connectivity index (χ0n) is 10.7. The van der Waals surface area contributed by atoms with Crippen LogP contribution in [0.2, 0.25) is 5.02 Å². The molecule has 0 heterocycles. The van der Waals surface area contributed by atoms with Gasteiger partial charge in [-0.05, 0) is 44.9 Å². The molecule has 0 radical (unpaired) electrons. The molecule has 0 bridgehead atoms. The molecule has 0 amide bonds. The lowest BCUT2D eigenvalue weighted by Gasteiger charge is -2.12. The molecule has 0 aliphatic carbocycles. The van der Waals surface area contributed by atoms with Crippen LogP contribution in [-0.2, 0) is 0 Å². The van der Waals surface area contributed by atoms with Gasteiger partial charge in [-0.3, -0.25) is 0 Å². The number of nitrogens with one attached hydrogen (secondary N) is 1. The van der Waals surface area contributed by atoms with E-state index >= 15 is 0 Å².